The van der Waals surface area contributed by atoms with Crippen LogP contribution in [0, 0.1) is 0 Å². The van der Waals surface area contributed by atoms with E-state index in [1.54, 1.807) is 11.1 Å². The molecule has 0 saturated carbocycles. The molecule has 8 nitrogen and oxygen atoms in total. The zero-order valence-corrected chi connectivity index (χ0v) is 14.2. The van der Waals surface area contributed by atoms with Crippen LogP contribution in [0.15, 0.2) is 41.7 Å². The quantitative estimate of drug-likeness (QED) is 0.528. The van der Waals surface area contributed by atoms with Crippen molar-refractivity contribution in [3.8, 4) is 11.3 Å². The summed E-state index contributed by atoms with van der Waals surface area (Å²) in [5.41, 5.74) is 7.57. The molecule has 0 saturated heterocycles. The van der Waals surface area contributed by atoms with Gasteiger partial charge in [-0.2, -0.15) is 15.0 Å². The number of aromatic nitrogens is 5. The smallest absolute Gasteiger partial charge is 0.229 e. The molecule has 0 aliphatic rings. The normalized spacial score (nSPS) is 10.8. The number of thioether (sulfide) groups is 1. The summed E-state index contributed by atoms with van der Waals surface area (Å²) < 4.78 is 1.50. The monoisotopic (exact) mass is 342 g/mol. The minimum absolute atomic E-state index is 0.199. The van der Waals surface area contributed by atoms with Gasteiger partial charge in [-0.05, 0) is 0 Å². The highest BCUT2D eigenvalue weighted by Gasteiger charge is 2.11. The summed E-state index contributed by atoms with van der Waals surface area (Å²) in [6.45, 7) is 0. The van der Waals surface area contributed by atoms with Gasteiger partial charge in [-0.1, -0.05) is 42.1 Å². The zero-order valence-electron chi connectivity index (χ0n) is 13.4. The highest BCUT2D eigenvalue weighted by atomic mass is 32.2. The first-order valence-electron chi connectivity index (χ1n) is 7.23. The molecule has 0 aliphatic carbocycles. The summed E-state index contributed by atoms with van der Waals surface area (Å²) in [4.78, 5) is 18.9. The van der Waals surface area contributed by atoms with E-state index in [9.17, 15) is 0 Å². The Labute approximate surface area is 143 Å². The van der Waals surface area contributed by atoms with Gasteiger partial charge >= 0.3 is 0 Å². The van der Waals surface area contributed by atoms with Crippen LogP contribution in [0.4, 0.5) is 11.9 Å². The Morgan fingerprint density at radius 1 is 1.08 bits per heavy atom. The highest BCUT2D eigenvalue weighted by molar-refractivity contribution is 7.98. The van der Waals surface area contributed by atoms with Gasteiger partial charge in [0.1, 0.15) is 5.82 Å². The summed E-state index contributed by atoms with van der Waals surface area (Å²) in [5, 5.41) is 0.680. The van der Waals surface area contributed by atoms with E-state index >= 15 is 0 Å². The van der Waals surface area contributed by atoms with Gasteiger partial charge in [0.15, 0.2) is 5.16 Å². The van der Waals surface area contributed by atoms with Gasteiger partial charge in [-0.3, -0.25) is 0 Å². The summed E-state index contributed by atoms with van der Waals surface area (Å²) in [7, 11) is 3.70. The fourth-order valence-electron chi connectivity index (χ4n) is 2.05. The number of nitrogen functional groups attached to an aromatic ring is 2. The van der Waals surface area contributed by atoms with Crippen LogP contribution in [0.1, 0.15) is 5.82 Å². The molecule has 3 aromatic rings. The first-order chi connectivity index (χ1) is 11.5. The molecule has 0 unspecified atom stereocenters. The lowest BCUT2D eigenvalue weighted by atomic mass is 10.2. The fourth-order valence-corrected chi connectivity index (χ4v) is 2.80. The number of anilines is 2. The highest BCUT2D eigenvalue weighted by Crippen LogP contribution is 2.24. The summed E-state index contributed by atoms with van der Waals surface area (Å²) in [5.74, 6) is 7.80. The average Bonchev–Trinajstić information content (AvgIpc) is 2.94. The van der Waals surface area contributed by atoms with Crippen molar-refractivity contribution in [2.24, 2.45) is 0 Å². The van der Waals surface area contributed by atoms with Crippen molar-refractivity contribution in [1.29, 1.82) is 0 Å². The van der Waals surface area contributed by atoms with E-state index in [1.807, 2.05) is 44.4 Å². The second-order valence-corrected chi connectivity index (χ2v) is 6.22. The fraction of sp³-hybridized carbons (Fsp3) is 0.200. The average molecular weight is 342 g/mol. The van der Waals surface area contributed by atoms with Gasteiger partial charge in [-0.15, -0.1) is 0 Å². The summed E-state index contributed by atoms with van der Waals surface area (Å²) in [6, 6.07) is 9.88. The molecule has 1 aromatic carbocycles. The minimum atomic E-state index is 0.199. The van der Waals surface area contributed by atoms with Crippen LogP contribution in [0.2, 0.25) is 0 Å². The Balaban J connectivity index is 1.77. The molecule has 0 radical (unpaired) electrons. The van der Waals surface area contributed by atoms with Crippen molar-refractivity contribution in [2.75, 3.05) is 30.6 Å². The van der Waals surface area contributed by atoms with Crippen LogP contribution in [-0.2, 0) is 5.75 Å². The molecule has 3 rings (SSSR count). The van der Waals surface area contributed by atoms with E-state index in [1.165, 1.54) is 16.4 Å². The van der Waals surface area contributed by atoms with Crippen molar-refractivity contribution in [1.82, 2.24) is 24.6 Å². The Morgan fingerprint density at radius 3 is 2.54 bits per heavy atom. The maximum Gasteiger partial charge on any atom is 0.229 e. The Bertz CT molecular complexity index is 831. The van der Waals surface area contributed by atoms with Gasteiger partial charge in [0.2, 0.25) is 11.9 Å². The molecule has 24 heavy (non-hydrogen) atoms. The molecular weight excluding hydrogens is 324 g/mol. The third kappa shape index (κ3) is 3.57. The van der Waals surface area contributed by atoms with Crippen LogP contribution in [-0.4, -0.2) is 38.7 Å². The SMILES string of the molecule is CN(C)c1nc(N)nc(CSc2nc(-c3ccccc3)cn2N)n1. The topological polar surface area (TPSA) is 112 Å². The molecule has 0 aliphatic heterocycles. The second-order valence-electron chi connectivity index (χ2n) is 5.27. The van der Waals surface area contributed by atoms with E-state index in [2.05, 4.69) is 19.9 Å². The number of nitrogens with two attached hydrogens (primary N) is 2. The molecule has 0 bridgehead atoms. The van der Waals surface area contributed by atoms with Crippen LogP contribution < -0.4 is 16.5 Å². The molecule has 2 aromatic heterocycles. The number of imidazole rings is 1. The molecule has 0 fully saturated rings. The van der Waals surface area contributed by atoms with Crippen molar-refractivity contribution in [2.45, 2.75) is 10.9 Å². The van der Waals surface area contributed by atoms with Crippen LogP contribution in [0.25, 0.3) is 11.3 Å². The van der Waals surface area contributed by atoms with E-state index in [0.717, 1.165) is 11.3 Å². The van der Waals surface area contributed by atoms with Gasteiger partial charge in [0.05, 0.1) is 17.6 Å². The van der Waals surface area contributed by atoms with Crippen molar-refractivity contribution >= 4 is 23.7 Å². The lowest BCUT2D eigenvalue weighted by Gasteiger charge is -2.11. The van der Waals surface area contributed by atoms with Gasteiger partial charge in [-0.25, -0.2) is 9.66 Å². The van der Waals surface area contributed by atoms with Crippen molar-refractivity contribution in [3.05, 3.63) is 42.4 Å². The van der Waals surface area contributed by atoms with Crippen LogP contribution in [0.5, 0.6) is 0 Å². The van der Waals surface area contributed by atoms with E-state index in [0.29, 0.717) is 22.7 Å². The standard InChI is InChI=1S/C15H18N8S/c1-22(2)14-20-12(19-13(16)21-14)9-24-15-18-11(8-23(15)17)10-6-4-3-5-7-10/h3-8H,9,17H2,1-2H3,(H2,16,19,20,21). The molecule has 2 heterocycles. The summed E-state index contributed by atoms with van der Waals surface area (Å²) in [6.07, 6.45) is 1.80. The molecule has 4 N–H and O–H groups in total. The molecule has 124 valence electrons. The Kier molecular flexibility index (Phi) is 4.52. The number of nitrogens with zero attached hydrogens (tertiary/aromatic N) is 6. The first kappa shape index (κ1) is 16.1. The van der Waals surface area contributed by atoms with Gasteiger partial charge in [0, 0.05) is 19.7 Å². The molecule has 9 heteroatoms. The Morgan fingerprint density at radius 2 is 1.83 bits per heavy atom. The third-order valence-corrected chi connectivity index (χ3v) is 4.15. The number of benzene rings is 1. The molecular formula is C15H18N8S. The van der Waals surface area contributed by atoms with Gasteiger partial charge in [0.25, 0.3) is 0 Å². The lowest BCUT2D eigenvalue weighted by Crippen LogP contribution is -2.16. The van der Waals surface area contributed by atoms with E-state index in [-0.39, 0.29) is 5.95 Å². The summed E-state index contributed by atoms with van der Waals surface area (Å²) >= 11 is 1.44. The number of rotatable bonds is 5. The Hall–Kier alpha value is -2.81. The number of hydrogen-bond acceptors (Lipinski definition) is 8. The van der Waals surface area contributed by atoms with E-state index in [4.69, 9.17) is 11.6 Å². The predicted octanol–water partition coefficient (Wildman–Crippen LogP) is 1.39. The maximum absolute atomic E-state index is 6.00. The largest absolute Gasteiger partial charge is 0.368 e. The van der Waals surface area contributed by atoms with Crippen LogP contribution in [0.3, 0.4) is 0 Å². The maximum atomic E-state index is 6.00. The van der Waals surface area contributed by atoms with E-state index < -0.39 is 0 Å². The van der Waals surface area contributed by atoms with Crippen LogP contribution >= 0.6 is 11.8 Å². The second kappa shape index (κ2) is 6.75. The zero-order chi connectivity index (χ0) is 17.1. The molecule has 0 spiro atoms. The van der Waals surface area contributed by atoms with Crippen molar-refractivity contribution in [3.63, 3.8) is 0 Å². The minimum Gasteiger partial charge on any atom is -0.368 e. The van der Waals surface area contributed by atoms with Gasteiger partial charge < -0.3 is 16.5 Å². The predicted molar refractivity (Wildman–Crippen MR) is 95.9 cm³/mol. The molecule has 0 amide bonds. The molecule has 0 atom stereocenters. The van der Waals surface area contributed by atoms with Crippen molar-refractivity contribution < 1.29 is 0 Å². The third-order valence-electron chi connectivity index (χ3n) is 3.19. The first-order valence-corrected chi connectivity index (χ1v) is 8.22. The number of hydrogen-bond donors (Lipinski definition) is 2. The lowest BCUT2D eigenvalue weighted by molar-refractivity contribution is 0.848.